The third-order valence-corrected chi connectivity index (χ3v) is 4.48. The van der Waals surface area contributed by atoms with Gasteiger partial charge in [-0.05, 0) is 25.1 Å². The standard InChI is InChI=1S/C16H27NSi/c1-15(14-18(3,4)5)11-12-17(2)13-16-9-7-6-8-10-16/h6-10H,1,11-14H2,2-5H3. The average Bonchev–Trinajstić information content (AvgIpc) is 2.25. The van der Waals surface area contributed by atoms with E-state index < -0.39 is 8.07 Å². The zero-order valence-corrected chi connectivity index (χ0v) is 13.4. The van der Waals surface area contributed by atoms with Gasteiger partial charge in [0.1, 0.15) is 0 Å². The highest BCUT2D eigenvalue weighted by atomic mass is 28.3. The topological polar surface area (TPSA) is 3.24 Å². The van der Waals surface area contributed by atoms with Gasteiger partial charge in [-0.25, -0.2) is 0 Å². The quantitative estimate of drug-likeness (QED) is 0.519. The Hall–Kier alpha value is -0.863. The summed E-state index contributed by atoms with van der Waals surface area (Å²) in [7, 11) is 1.20. The molecule has 0 heterocycles. The zero-order chi connectivity index (χ0) is 13.6. The van der Waals surface area contributed by atoms with Crippen LogP contribution in [0.3, 0.4) is 0 Å². The highest BCUT2D eigenvalue weighted by Crippen LogP contribution is 2.17. The second-order valence-corrected chi connectivity index (χ2v) is 11.9. The predicted molar refractivity (Wildman–Crippen MR) is 84.7 cm³/mol. The fourth-order valence-electron chi connectivity index (χ4n) is 2.16. The smallest absolute Gasteiger partial charge is 0.0483 e. The van der Waals surface area contributed by atoms with Crippen LogP contribution < -0.4 is 0 Å². The summed E-state index contributed by atoms with van der Waals surface area (Å²) in [5.41, 5.74) is 2.81. The summed E-state index contributed by atoms with van der Waals surface area (Å²) in [6.45, 7) is 13.6. The number of rotatable bonds is 7. The molecule has 0 saturated carbocycles. The number of benzene rings is 1. The minimum atomic E-state index is -0.984. The van der Waals surface area contributed by atoms with Crippen molar-refractivity contribution >= 4 is 8.07 Å². The van der Waals surface area contributed by atoms with Crippen molar-refractivity contribution in [3.63, 3.8) is 0 Å². The van der Waals surface area contributed by atoms with Gasteiger partial charge >= 0.3 is 0 Å². The summed E-state index contributed by atoms with van der Waals surface area (Å²) in [6.07, 6.45) is 1.13. The second kappa shape index (κ2) is 6.91. The van der Waals surface area contributed by atoms with E-state index in [1.807, 2.05) is 0 Å². The molecule has 0 aliphatic rings. The van der Waals surface area contributed by atoms with Crippen LogP contribution in [-0.4, -0.2) is 26.6 Å². The van der Waals surface area contributed by atoms with E-state index >= 15 is 0 Å². The van der Waals surface area contributed by atoms with E-state index in [4.69, 9.17) is 0 Å². The molecule has 1 rings (SSSR count). The lowest BCUT2D eigenvalue weighted by Crippen LogP contribution is -2.23. The van der Waals surface area contributed by atoms with Crippen LogP contribution in [0.15, 0.2) is 42.5 Å². The summed E-state index contributed by atoms with van der Waals surface area (Å²) < 4.78 is 0. The Morgan fingerprint density at radius 1 is 1.17 bits per heavy atom. The summed E-state index contributed by atoms with van der Waals surface area (Å²) in [5, 5.41) is 0. The van der Waals surface area contributed by atoms with Gasteiger partial charge in [0.05, 0.1) is 0 Å². The maximum absolute atomic E-state index is 4.23. The molecule has 0 radical (unpaired) electrons. The molecule has 100 valence electrons. The summed E-state index contributed by atoms with van der Waals surface area (Å²) in [6, 6.07) is 11.9. The molecule has 0 unspecified atom stereocenters. The Morgan fingerprint density at radius 3 is 2.33 bits per heavy atom. The SMILES string of the molecule is C=C(CCN(C)Cc1ccccc1)C[Si](C)(C)C. The molecular weight excluding hydrogens is 234 g/mol. The van der Waals surface area contributed by atoms with Crippen LogP contribution in [-0.2, 0) is 6.54 Å². The van der Waals surface area contributed by atoms with Gasteiger partial charge in [-0.2, -0.15) is 0 Å². The van der Waals surface area contributed by atoms with Crippen LogP contribution in [0, 0.1) is 0 Å². The van der Waals surface area contributed by atoms with Crippen molar-refractivity contribution in [2.75, 3.05) is 13.6 Å². The Morgan fingerprint density at radius 2 is 1.78 bits per heavy atom. The van der Waals surface area contributed by atoms with Crippen molar-refractivity contribution in [1.29, 1.82) is 0 Å². The molecule has 0 aromatic heterocycles. The molecule has 2 heteroatoms. The van der Waals surface area contributed by atoms with Gasteiger partial charge in [0.25, 0.3) is 0 Å². The van der Waals surface area contributed by atoms with Gasteiger partial charge in [0.2, 0.25) is 0 Å². The molecule has 18 heavy (non-hydrogen) atoms. The van der Waals surface area contributed by atoms with E-state index in [2.05, 4.69) is 68.5 Å². The van der Waals surface area contributed by atoms with E-state index in [0.717, 1.165) is 19.5 Å². The van der Waals surface area contributed by atoms with Crippen LogP contribution in [0.1, 0.15) is 12.0 Å². The Labute approximate surface area is 114 Å². The molecular formula is C16H27NSi. The second-order valence-electron chi connectivity index (χ2n) is 6.46. The zero-order valence-electron chi connectivity index (χ0n) is 12.4. The minimum Gasteiger partial charge on any atom is -0.302 e. The van der Waals surface area contributed by atoms with Crippen LogP contribution in [0.5, 0.6) is 0 Å². The molecule has 0 aliphatic heterocycles. The molecule has 1 nitrogen and oxygen atoms in total. The van der Waals surface area contributed by atoms with Crippen molar-refractivity contribution in [1.82, 2.24) is 4.90 Å². The molecule has 0 fully saturated rings. The number of hydrogen-bond donors (Lipinski definition) is 0. The molecule has 0 spiro atoms. The molecule has 0 amide bonds. The molecule has 0 N–H and O–H groups in total. The van der Waals surface area contributed by atoms with E-state index in [1.54, 1.807) is 0 Å². The fraction of sp³-hybridized carbons (Fsp3) is 0.500. The lowest BCUT2D eigenvalue weighted by molar-refractivity contribution is 0.331. The third kappa shape index (κ3) is 6.77. The predicted octanol–water partition coefficient (Wildman–Crippen LogP) is 4.40. The van der Waals surface area contributed by atoms with Crippen LogP contribution in [0.4, 0.5) is 0 Å². The van der Waals surface area contributed by atoms with Crippen molar-refractivity contribution in [3.05, 3.63) is 48.0 Å². The monoisotopic (exact) mass is 261 g/mol. The largest absolute Gasteiger partial charge is 0.302 e. The Balaban J connectivity index is 2.29. The van der Waals surface area contributed by atoms with Crippen molar-refractivity contribution < 1.29 is 0 Å². The van der Waals surface area contributed by atoms with E-state index in [0.29, 0.717) is 0 Å². The van der Waals surface area contributed by atoms with Crippen LogP contribution in [0.2, 0.25) is 25.7 Å². The summed E-state index contributed by atoms with van der Waals surface area (Å²) in [4.78, 5) is 2.38. The van der Waals surface area contributed by atoms with Gasteiger partial charge in [-0.1, -0.05) is 55.5 Å². The lowest BCUT2D eigenvalue weighted by atomic mass is 10.2. The average molecular weight is 261 g/mol. The highest BCUT2D eigenvalue weighted by molar-refractivity contribution is 6.76. The molecule has 1 aromatic carbocycles. The first kappa shape index (κ1) is 15.2. The molecule has 0 atom stereocenters. The van der Waals surface area contributed by atoms with E-state index in [-0.39, 0.29) is 0 Å². The van der Waals surface area contributed by atoms with Crippen LogP contribution in [0.25, 0.3) is 0 Å². The number of hydrogen-bond acceptors (Lipinski definition) is 1. The lowest BCUT2D eigenvalue weighted by Gasteiger charge is -2.21. The van der Waals surface area contributed by atoms with Crippen molar-refractivity contribution in [2.45, 2.75) is 38.7 Å². The van der Waals surface area contributed by atoms with Gasteiger partial charge in [0, 0.05) is 21.2 Å². The van der Waals surface area contributed by atoms with E-state index in [9.17, 15) is 0 Å². The normalized spacial score (nSPS) is 11.8. The fourth-order valence-corrected chi connectivity index (χ4v) is 3.84. The molecule has 0 aliphatic carbocycles. The van der Waals surface area contributed by atoms with Gasteiger partial charge in [-0.3, -0.25) is 0 Å². The molecule has 0 saturated heterocycles. The molecule has 0 bridgehead atoms. The minimum absolute atomic E-state index is 0.984. The Bertz CT molecular complexity index is 364. The van der Waals surface area contributed by atoms with Crippen molar-refractivity contribution in [2.24, 2.45) is 0 Å². The maximum Gasteiger partial charge on any atom is 0.0483 e. The maximum atomic E-state index is 4.23. The Kier molecular flexibility index (Phi) is 5.83. The van der Waals surface area contributed by atoms with Crippen LogP contribution >= 0.6 is 0 Å². The van der Waals surface area contributed by atoms with Gasteiger partial charge < -0.3 is 4.90 Å². The summed E-state index contributed by atoms with van der Waals surface area (Å²) in [5.74, 6) is 0. The first-order valence-electron chi connectivity index (χ1n) is 6.76. The number of nitrogens with zero attached hydrogens (tertiary/aromatic N) is 1. The third-order valence-electron chi connectivity index (χ3n) is 2.92. The van der Waals surface area contributed by atoms with Gasteiger partial charge in [-0.15, -0.1) is 6.58 Å². The highest BCUT2D eigenvalue weighted by Gasteiger charge is 2.14. The van der Waals surface area contributed by atoms with Crippen molar-refractivity contribution in [3.8, 4) is 0 Å². The van der Waals surface area contributed by atoms with Gasteiger partial charge in [0.15, 0.2) is 0 Å². The molecule has 1 aromatic rings. The van der Waals surface area contributed by atoms with E-state index in [1.165, 1.54) is 17.2 Å². The first-order valence-corrected chi connectivity index (χ1v) is 10.5. The first-order chi connectivity index (χ1) is 8.37. The summed E-state index contributed by atoms with van der Waals surface area (Å²) >= 11 is 0.